The van der Waals surface area contributed by atoms with Crippen LogP contribution in [0.1, 0.15) is 10.6 Å². The summed E-state index contributed by atoms with van der Waals surface area (Å²) < 4.78 is 1.34. The van der Waals surface area contributed by atoms with Gasteiger partial charge in [-0.3, -0.25) is 4.79 Å². The molecule has 0 aromatic carbocycles. The summed E-state index contributed by atoms with van der Waals surface area (Å²) in [6, 6.07) is 0. The van der Waals surface area contributed by atoms with Crippen LogP contribution in [0.5, 0.6) is 0 Å². The van der Waals surface area contributed by atoms with Crippen LogP contribution in [0.15, 0.2) is 6.33 Å². The number of nitrogens with zero attached hydrogens (tertiary/aromatic N) is 3. The van der Waals surface area contributed by atoms with E-state index < -0.39 is 5.91 Å². The van der Waals surface area contributed by atoms with Crippen LogP contribution in [-0.4, -0.2) is 27.8 Å². The zero-order valence-corrected chi connectivity index (χ0v) is 5.40. The second kappa shape index (κ2) is 2.34. The Bertz CT molecular complexity index is 242. The van der Waals surface area contributed by atoms with Crippen LogP contribution in [0, 0.1) is 0 Å². The summed E-state index contributed by atoms with van der Waals surface area (Å²) in [6.07, 6.45) is 1.36. The molecule has 1 amide bonds. The maximum Gasteiger partial charge on any atom is 0.288 e. The number of hydrogen-bond acceptors (Lipinski definition) is 4. The maximum atomic E-state index is 10.5. The SMILES string of the molecule is CNn1cnnc1C(N)=O. The fourth-order valence-corrected chi connectivity index (χ4v) is 0.567. The predicted octanol–water partition coefficient (Wildman–Crippen LogP) is -1.45. The van der Waals surface area contributed by atoms with Crippen molar-refractivity contribution in [3.8, 4) is 0 Å². The van der Waals surface area contributed by atoms with E-state index in [1.165, 1.54) is 11.0 Å². The molecule has 0 radical (unpaired) electrons. The van der Waals surface area contributed by atoms with Crippen molar-refractivity contribution in [3.05, 3.63) is 12.2 Å². The third-order valence-electron chi connectivity index (χ3n) is 1.01. The summed E-state index contributed by atoms with van der Waals surface area (Å²) in [4.78, 5) is 10.5. The molecule has 0 atom stereocenters. The van der Waals surface area contributed by atoms with E-state index in [1.807, 2.05) is 0 Å². The van der Waals surface area contributed by atoms with E-state index in [0.717, 1.165) is 0 Å². The minimum absolute atomic E-state index is 0.0995. The standard InChI is InChI=1S/C4H7N5O/c1-6-9-2-7-8-4(9)3(5)10/h2,6H,1H3,(H2,5,10). The number of aromatic nitrogens is 3. The molecule has 0 bridgehead atoms. The van der Waals surface area contributed by atoms with Crippen LogP contribution in [0.3, 0.4) is 0 Å². The molecule has 3 N–H and O–H groups in total. The van der Waals surface area contributed by atoms with E-state index in [2.05, 4.69) is 15.6 Å². The highest BCUT2D eigenvalue weighted by Crippen LogP contribution is 1.87. The summed E-state index contributed by atoms with van der Waals surface area (Å²) in [6.45, 7) is 0. The highest BCUT2D eigenvalue weighted by atomic mass is 16.1. The van der Waals surface area contributed by atoms with Crippen molar-refractivity contribution < 1.29 is 4.79 Å². The van der Waals surface area contributed by atoms with E-state index in [4.69, 9.17) is 5.73 Å². The summed E-state index contributed by atoms with van der Waals surface area (Å²) in [5.74, 6) is -0.505. The van der Waals surface area contributed by atoms with Gasteiger partial charge in [-0.25, -0.2) is 4.68 Å². The molecule has 6 nitrogen and oxygen atoms in total. The first-order chi connectivity index (χ1) is 4.75. The molecule has 1 heterocycles. The van der Waals surface area contributed by atoms with Crippen molar-refractivity contribution in [2.45, 2.75) is 0 Å². The molecule has 0 unspecified atom stereocenters. The first kappa shape index (κ1) is 6.53. The number of rotatable bonds is 2. The molecular weight excluding hydrogens is 134 g/mol. The van der Waals surface area contributed by atoms with Crippen molar-refractivity contribution in [2.75, 3.05) is 12.5 Å². The first-order valence-electron chi connectivity index (χ1n) is 2.63. The Morgan fingerprint density at radius 2 is 2.60 bits per heavy atom. The van der Waals surface area contributed by atoms with Gasteiger partial charge >= 0.3 is 0 Å². The molecule has 0 aliphatic heterocycles. The number of hydrogen-bond donors (Lipinski definition) is 2. The zero-order chi connectivity index (χ0) is 7.56. The fourth-order valence-electron chi connectivity index (χ4n) is 0.567. The number of carbonyl (C=O) groups is 1. The van der Waals surface area contributed by atoms with Crippen molar-refractivity contribution in [2.24, 2.45) is 5.73 Å². The predicted molar refractivity (Wildman–Crippen MR) is 33.8 cm³/mol. The Morgan fingerprint density at radius 3 is 3.00 bits per heavy atom. The van der Waals surface area contributed by atoms with Crippen molar-refractivity contribution >= 4 is 5.91 Å². The Hall–Kier alpha value is -1.59. The molecule has 0 spiro atoms. The molecule has 0 fully saturated rings. The normalized spacial score (nSPS) is 9.30. The molecule has 0 saturated heterocycles. The van der Waals surface area contributed by atoms with Gasteiger partial charge in [0.2, 0.25) is 5.82 Å². The number of amides is 1. The van der Waals surface area contributed by atoms with E-state index in [1.54, 1.807) is 7.05 Å². The van der Waals surface area contributed by atoms with E-state index >= 15 is 0 Å². The Morgan fingerprint density at radius 1 is 1.90 bits per heavy atom. The van der Waals surface area contributed by atoms with Crippen LogP contribution >= 0.6 is 0 Å². The Kier molecular flexibility index (Phi) is 1.53. The maximum absolute atomic E-state index is 10.5. The van der Waals surface area contributed by atoms with Gasteiger partial charge in [0.05, 0.1) is 0 Å². The summed E-state index contributed by atoms with van der Waals surface area (Å²) in [7, 11) is 1.63. The van der Waals surface area contributed by atoms with Gasteiger partial charge in [0.1, 0.15) is 6.33 Å². The minimum Gasteiger partial charge on any atom is -0.363 e. The quantitative estimate of drug-likeness (QED) is 0.527. The van der Waals surface area contributed by atoms with E-state index in [-0.39, 0.29) is 5.82 Å². The minimum atomic E-state index is -0.605. The lowest BCUT2D eigenvalue weighted by Crippen LogP contribution is -2.21. The molecule has 1 rings (SSSR count). The number of nitrogens with one attached hydrogen (secondary N) is 1. The lowest BCUT2D eigenvalue weighted by atomic mass is 10.6. The van der Waals surface area contributed by atoms with Gasteiger partial charge < -0.3 is 11.2 Å². The largest absolute Gasteiger partial charge is 0.363 e. The van der Waals surface area contributed by atoms with Gasteiger partial charge in [0.25, 0.3) is 5.91 Å². The highest BCUT2D eigenvalue weighted by molar-refractivity contribution is 5.88. The van der Waals surface area contributed by atoms with E-state index in [0.29, 0.717) is 0 Å². The second-order valence-corrected chi connectivity index (χ2v) is 1.61. The van der Waals surface area contributed by atoms with Crippen LogP contribution in [0.2, 0.25) is 0 Å². The van der Waals surface area contributed by atoms with Crippen molar-refractivity contribution in [3.63, 3.8) is 0 Å². The average Bonchev–Trinajstić information content (AvgIpc) is 2.33. The number of carbonyl (C=O) groups excluding carboxylic acids is 1. The van der Waals surface area contributed by atoms with Gasteiger partial charge in [0, 0.05) is 7.05 Å². The molecule has 0 aliphatic rings. The summed E-state index contributed by atoms with van der Waals surface area (Å²) in [5, 5.41) is 6.93. The molecule has 1 aromatic rings. The van der Waals surface area contributed by atoms with Gasteiger partial charge in [0.15, 0.2) is 0 Å². The third-order valence-corrected chi connectivity index (χ3v) is 1.01. The molecule has 1 aromatic heterocycles. The van der Waals surface area contributed by atoms with Gasteiger partial charge in [-0.05, 0) is 0 Å². The Labute approximate surface area is 57.0 Å². The van der Waals surface area contributed by atoms with Gasteiger partial charge in [-0.2, -0.15) is 0 Å². The fraction of sp³-hybridized carbons (Fsp3) is 0.250. The molecule has 6 heteroatoms. The average molecular weight is 141 g/mol. The van der Waals surface area contributed by atoms with Crippen molar-refractivity contribution in [1.29, 1.82) is 0 Å². The topological polar surface area (TPSA) is 85.8 Å². The third kappa shape index (κ3) is 0.903. The van der Waals surface area contributed by atoms with Crippen LogP contribution in [-0.2, 0) is 0 Å². The molecule has 54 valence electrons. The van der Waals surface area contributed by atoms with Crippen LogP contribution in [0.4, 0.5) is 0 Å². The van der Waals surface area contributed by atoms with Crippen LogP contribution < -0.4 is 11.2 Å². The zero-order valence-electron chi connectivity index (χ0n) is 5.40. The molecule has 0 aliphatic carbocycles. The highest BCUT2D eigenvalue weighted by Gasteiger charge is 2.07. The summed E-state index contributed by atoms with van der Waals surface area (Å²) >= 11 is 0. The molecule has 0 saturated carbocycles. The van der Waals surface area contributed by atoms with Crippen molar-refractivity contribution in [1.82, 2.24) is 14.9 Å². The summed E-state index contributed by atoms with van der Waals surface area (Å²) in [5.41, 5.74) is 7.58. The first-order valence-corrected chi connectivity index (χ1v) is 2.63. The monoisotopic (exact) mass is 141 g/mol. The number of primary amides is 1. The smallest absolute Gasteiger partial charge is 0.288 e. The number of nitrogens with two attached hydrogens (primary N) is 1. The molecule has 10 heavy (non-hydrogen) atoms. The second-order valence-electron chi connectivity index (χ2n) is 1.61. The Balaban J connectivity index is 3.01. The van der Waals surface area contributed by atoms with E-state index in [9.17, 15) is 4.79 Å². The van der Waals surface area contributed by atoms with Gasteiger partial charge in [-0.1, -0.05) is 0 Å². The van der Waals surface area contributed by atoms with Gasteiger partial charge in [-0.15, -0.1) is 10.2 Å². The molecular formula is C4H7N5O. The lowest BCUT2D eigenvalue weighted by molar-refractivity contribution is 0.0987. The lowest BCUT2D eigenvalue weighted by Gasteiger charge is -1.99. The van der Waals surface area contributed by atoms with Crippen LogP contribution in [0.25, 0.3) is 0 Å².